The van der Waals surface area contributed by atoms with E-state index in [1.807, 2.05) is 42.5 Å². The lowest BCUT2D eigenvalue weighted by Crippen LogP contribution is -2.42. The van der Waals surface area contributed by atoms with E-state index in [2.05, 4.69) is 17.4 Å². The smallest absolute Gasteiger partial charge is 0.132 e. The van der Waals surface area contributed by atoms with Crippen molar-refractivity contribution in [3.63, 3.8) is 0 Å². The molecular formula is C17H19NO2. The van der Waals surface area contributed by atoms with Crippen molar-refractivity contribution in [1.29, 1.82) is 0 Å². The Morgan fingerprint density at radius 3 is 2.60 bits per heavy atom. The lowest BCUT2D eigenvalue weighted by molar-refractivity contribution is -0.0627. The van der Waals surface area contributed by atoms with Crippen LogP contribution in [0.1, 0.15) is 22.7 Å². The number of hydrogen-bond donors (Lipinski definition) is 2. The molecule has 3 nitrogen and oxygen atoms in total. The van der Waals surface area contributed by atoms with Crippen molar-refractivity contribution in [2.75, 3.05) is 13.7 Å². The van der Waals surface area contributed by atoms with E-state index in [0.29, 0.717) is 0 Å². The molecule has 1 aliphatic heterocycles. The zero-order chi connectivity index (χ0) is 14.0. The van der Waals surface area contributed by atoms with E-state index in [1.165, 1.54) is 5.56 Å². The van der Waals surface area contributed by atoms with Crippen LogP contribution < -0.4 is 5.32 Å². The van der Waals surface area contributed by atoms with E-state index in [9.17, 15) is 5.11 Å². The standard InChI is InChI=1S/C17H19NO2/c1-20-12-17(19,14-8-3-2-4-9-14)16-15-10-6-5-7-13(15)11-18-16/h2-10,16,18-19H,11-12H2,1H3. The molecule has 2 unspecified atom stereocenters. The fraction of sp³-hybridized carbons (Fsp3) is 0.294. The van der Waals surface area contributed by atoms with Crippen LogP contribution in [0, 0.1) is 0 Å². The van der Waals surface area contributed by atoms with Gasteiger partial charge < -0.3 is 15.2 Å². The van der Waals surface area contributed by atoms with E-state index in [0.717, 1.165) is 17.7 Å². The number of nitrogens with one attached hydrogen (secondary N) is 1. The minimum Gasteiger partial charge on any atom is -0.381 e. The molecule has 20 heavy (non-hydrogen) atoms. The van der Waals surface area contributed by atoms with Crippen molar-refractivity contribution < 1.29 is 9.84 Å². The second-order valence-corrected chi connectivity index (χ2v) is 5.24. The molecule has 3 rings (SSSR count). The van der Waals surface area contributed by atoms with Crippen LogP contribution in [-0.4, -0.2) is 18.8 Å². The Labute approximate surface area is 119 Å². The first-order chi connectivity index (χ1) is 9.75. The average molecular weight is 269 g/mol. The molecule has 104 valence electrons. The monoisotopic (exact) mass is 269 g/mol. The van der Waals surface area contributed by atoms with Gasteiger partial charge in [-0.1, -0.05) is 54.6 Å². The number of fused-ring (bicyclic) bond motifs is 1. The maximum absolute atomic E-state index is 11.2. The first-order valence-corrected chi connectivity index (χ1v) is 6.84. The third kappa shape index (κ3) is 2.14. The van der Waals surface area contributed by atoms with Crippen LogP contribution in [0.2, 0.25) is 0 Å². The number of rotatable bonds is 4. The summed E-state index contributed by atoms with van der Waals surface area (Å²) in [5.41, 5.74) is 2.19. The largest absolute Gasteiger partial charge is 0.381 e. The minimum absolute atomic E-state index is 0.152. The van der Waals surface area contributed by atoms with Crippen LogP contribution >= 0.6 is 0 Å². The highest BCUT2D eigenvalue weighted by Gasteiger charge is 2.42. The zero-order valence-electron chi connectivity index (χ0n) is 11.5. The van der Waals surface area contributed by atoms with Crippen molar-refractivity contribution in [3.8, 4) is 0 Å². The van der Waals surface area contributed by atoms with E-state index in [4.69, 9.17) is 4.74 Å². The van der Waals surface area contributed by atoms with Gasteiger partial charge in [0.15, 0.2) is 0 Å². The molecule has 1 heterocycles. The fourth-order valence-electron chi connectivity index (χ4n) is 3.01. The molecule has 0 radical (unpaired) electrons. The Morgan fingerprint density at radius 2 is 1.85 bits per heavy atom. The van der Waals surface area contributed by atoms with Crippen molar-refractivity contribution in [2.24, 2.45) is 0 Å². The highest BCUT2D eigenvalue weighted by atomic mass is 16.5. The molecule has 2 N–H and O–H groups in total. The van der Waals surface area contributed by atoms with Gasteiger partial charge in [0.2, 0.25) is 0 Å². The number of aliphatic hydroxyl groups is 1. The van der Waals surface area contributed by atoms with Gasteiger partial charge in [-0.15, -0.1) is 0 Å². The summed E-state index contributed by atoms with van der Waals surface area (Å²) in [5.74, 6) is 0. The van der Waals surface area contributed by atoms with Crippen LogP contribution in [0.5, 0.6) is 0 Å². The first kappa shape index (κ1) is 13.3. The van der Waals surface area contributed by atoms with Gasteiger partial charge in [-0.05, 0) is 16.7 Å². The molecule has 0 fully saturated rings. The highest BCUT2D eigenvalue weighted by Crippen LogP contribution is 2.40. The van der Waals surface area contributed by atoms with Crippen molar-refractivity contribution in [3.05, 3.63) is 71.3 Å². The molecule has 0 aromatic heterocycles. The Bertz CT molecular complexity index is 585. The summed E-state index contributed by atoms with van der Waals surface area (Å²) >= 11 is 0. The molecule has 2 aromatic rings. The van der Waals surface area contributed by atoms with E-state index in [1.54, 1.807) is 7.11 Å². The summed E-state index contributed by atoms with van der Waals surface area (Å²) in [6.07, 6.45) is 0. The maximum Gasteiger partial charge on any atom is 0.132 e. The molecular weight excluding hydrogens is 250 g/mol. The molecule has 0 aliphatic carbocycles. The summed E-state index contributed by atoms with van der Waals surface area (Å²) in [5, 5.41) is 14.7. The number of methoxy groups -OCH3 is 1. The lowest BCUT2D eigenvalue weighted by Gasteiger charge is -2.34. The van der Waals surface area contributed by atoms with Gasteiger partial charge in [-0.3, -0.25) is 0 Å². The van der Waals surface area contributed by atoms with Gasteiger partial charge in [0.1, 0.15) is 5.60 Å². The van der Waals surface area contributed by atoms with Gasteiger partial charge in [-0.2, -0.15) is 0 Å². The molecule has 1 aliphatic rings. The van der Waals surface area contributed by atoms with Gasteiger partial charge >= 0.3 is 0 Å². The summed E-state index contributed by atoms with van der Waals surface area (Å²) < 4.78 is 5.30. The minimum atomic E-state index is -1.07. The highest BCUT2D eigenvalue weighted by molar-refractivity contribution is 5.39. The predicted molar refractivity (Wildman–Crippen MR) is 78.2 cm³/mol. The maximum atomic E-state index is 11.2. The second kappa shape index (κ2) is 5.37. The van der Waals surface area contributed by atoms with E-state index < -0.39 is 5.60 Å². The summed E-state index contributed by atoms with van der Waals surface area (Å²) in [6.45, 7) is 1.03. The van der Waals surface area contributed by atoms with Crippen LogP contribution in [0.4, 0.5) is 0 Å². The number of ether oxygens (including phenoxy) is 1. The van der Waals surface area contributed by atoms with Gasteiger partial charge in [-0.25, -0.2) is 0 Å². The molecule has 0 spiro atoms. The van der Waals surface area contributed by atoms with Crippen LogP contribution in [0.15, 0.2) is 54.6 Å². The van der Waals surface area contributed by atoms with Crippen molar-refractivity contribution in [2.45, 2.75) is 18.2 Å². The quantitative estimate of drug-likeness (QED) is 0.895. The third-order valence-electron chi connectivity index (χ3n) is 3.98. The van der Waals surface area contributed by atoms with E-state index >= 15 is 0 Å². The molecule has 0 saturated carbocycles. The molecule has 0 bridgehead atoms. The molecule has 2 atom stereocenters. The zero-order valence-corrected chi connectivity index (χ0v) is 11.5. The van der Waals surface area contributed by atoms with Crippen LogP contribution in [-0.2, 0) is 16.9 Å². The number of hydrogen-bond acceptors (Lipinski definition) is 3. The van der Waals surface area contributed by atoms with Gasteiger partial charge in [0.05, 0.1) is 12.6 Å². The molecule has 0 amide bonds. The SMILES string of the molecule is COCC(O)(c1ccccc1)C1NCc2ccccc21. The Kier molecular flexibility index (Phi) is 3.57. The second-order valence-electron chi connectivity index (χ2n) is 5.24. The summed E-state index contributed by atoms with van der Waals surface area (Å²) in [6, 6.07) is 17.8. The summed E-state index contributed by atoms with van der Waals surface area (Å²) in [4.78, 5) is 0. The third-order valence-corrected chi connectivity index (χ3v) is 3.98. The summed E-state index contributed by atoms with van der Waals surface area (Å²) in [7, 11) is 1.62. The average Bonchev–Trinajstić information content (AvgIpc) is 2.93. The first-order valence-electron chi connectivity index (χ1n) is 6.84. The molecule has 0 saturated heterocycles. The van der Waals surface area contributed by atoms with E-state index in [-0.39, 0.29) is 12.6 Å². The van der Waals surface area contributed by atoms with Crippen LogP contribution in [0.3, 0.4) is 0 Å². The fourth-order valence-corrected chi connectivity index (χ4v) is 3.01. The lowest BCUT2D eigenvalue weighted by atomic mass is 9.83. The molecule has 3 heteroatoms. The predicted octanol–water partition coefficient (Wildman–Crippen LogP) is 2.37. The topological polar surface area (TPSA) is 41.5 Å². The molecule has 2 aromatic carbocycles. The van der Waals surface area contributed by atoms with Gasteiger partial charge in [0, 0.05) is 13.7 Å². The normalized spacial score (nSPS) is 20.4. The number of benzene rings is 2. The Morgan fingerprint density at radius 1 is 1.15 bits per heavy atom. The Balaban J connectivity index is 2.04. The Hall–Kier alpha value is -1.68. The van der Waals surface area contributed by atoms with Crippen LogP contribution in [0.25, 0.3) is 0 Å². The van der Waals surface area contributed by atoms with Gasteiger partial charge in [0.25, 0.3) is 0 Å². The van der Waals surface area contributed by atoms with Crippen molar-refractivity contribution in [1.82, 2.24) is 5.32 Å². The van der Waals surface area contributed by atoms with Crippen molar-refractivity contribution >= 4 is 0 Å².